The Morgan fingerprint density at radius 1 is 0.842 bits per heavy atom. The Kier molecular flexibility index (Phi) is 4.05. The number of aliphatic imine (C=N–C) groups is 1. The molecule has 0 aliphatic carbocycles. The van der Waals surface area contributed by atoms with Gasteiger partial charge in [0.1, 0.15) is 12.1 Å². The second-order valence-corrected chi connectivity index (χ2v) is 3.95. The molecule has 0 fully saturated rings. The Labute approximate surface area is 112 Å². The van der Waals surface area contributed by atoms with Crippen molar-refractivity contribution in [1.82, 2.24) is 0 Å². The Morgan fingerprint density at radius 2 is 1.42 bits per heavy atom. The highest BCUT2D eigenvalue weighted by Gasteiger charge is 1.98. The van der Waals surface area contributed by atoms with Crippen molar-refractivity contribution in [3.05, 3.63) is 60.2 Å². The van der Waals surface area contributed by atoms with Crippen molar-refractivity contribution in [1.29, 1.82) is 10.5 Å². The first kappa shape index (κ1) is 12.5. The van der Waals surface area contributed by atoms with Crippen LogP contribution in [0.15, 0.2) is 59.6 Å². The molecule has 0 unspecified atom stereocenters. The Hall–Kier alpha value is -2.91. The summed E-state index contributed by atoms with van der Waals surface area (Å²) in [6, 6.07) is 21.5. The van der Waals surface area contributed by atoms with Crippen LogP contribution >= 0.6 is 0 Å². The Morgan fingerprint density at radius 3 is 2.00 bits per heavy atom. The largest absolute Gasteiger partial charge is 0.260 e. The van der Waals surface area contributed by atoms with Gasteiger partial charge in [0.15, 0.2) is 0 Å². The lowest BCUT2D eigenvalue weighted by Crippen LogP contribution is -1.90. The van der Waals surface area contributed by atoms with E-state index in [1.165, 1.54) is 0 Å². The normalized spacial score (nSPS) is 9.16. The monoisotopic (exact) mass is 245 g/mol. The summed E-state index contributed by atoms with van der Waals surface area (Å²) in [6.45, 7) is 0.353. The number of rotatable bonds is 3. The molecule has 0 aliphatic heterocycles. The highest BCUT2D eigenvalue weighted by molar-refractivity contribution is 6.10. The average molecular weight is 245 g/mol. The molecule has 90 valence electrons. The van der Waals surface area contributed by atoms with E-state index in [-0.39, 0.29) is 5.71 Å². The van der Waals surface area contributed by atoms with Gasteiger partial charge in [-0.3, -0.25) is 4.99 Å². The standard InChI is InChI=1S/C16H11N3/c17-10-16(11-18)19-12-13-6-8-15(9-7-13)14-4-2-1-3-5-14/h1-9H,12H2. The molecule has 0 aromatic heterocycles. The zero-order valence-corrected chi connectivity index (χ0v) is 10.2. The average Bonchev–Trinajstić information content (AvgIpc) is 2.50. The van der Waals surface area contributed by atoms with Gasteiger partial charge < -0.3 is 0 Å². The molecular weight excluding hydrogens is 234 g/mol. The molecule has 0 aliphatic rings. The van der Waals surface area contributed by atoms with Gasteiger partial charge in [0.2, 0.25) is 5.71 Å². The molecule has 0 saturated heterocycles. The van der Waals surface area contributed by atoms with Crippen molar-refractivity contribution >= 4 is 5.71 Å². The molecule has 0 amide bonds. The summed E-state index contributed by atoms with van der Waals surface area (Å²) in [5.41, 5.74) is 3.18. The van der Waals surface area contributed by atoms with Gasteiger partial charge in [-0.25, -0.2) is 0 Å². The molecule has 0 spiro atoms. The lowest BCUT2D eigenvalue weighted by molar-refractivity contribution is 1.07. The van der Waals surface area contributed by atoms with Crippen molar-refractivity contribution in [3.8, 4) is 23.3 Å². The minimum Gasteiger partial charge on any atom is -0.260 e. The Bertz CT molecular complexity index is 640. The third-order valence-corrected chi connectivity index (χ3v) is 2.69. The maximum Gasteiger partial charge on any atom is 0.213 e. The number of hydrogen-bond acceptors (Lipinski definition) is 3. The van der Waals surface area contributed by atoms with Gasteiger partial charge in [0, 0.05) is 0 Å². The molecule has 0 N–H and O–H groups in total. The minimum atomic E-state index is -0.0906. The number of hydrogen-bond donors (Lipinski definition) is 0. The van der Waals surface area contributed by atoms with Crippen LogP contribution in [0.2, 0.25) is 0 Å². The topological polar surface area (TPSA) is 59.9 Å². The molecule has 0 atom stereocenters. The first-order chi connectivity index (χ1) is 9.33. The van der Waals surface area contributed by atoms with Crippen LogP contribution in [0.4, 0.5) is 0 Å². The quantitative estimate of drug-likeness (QED) is 0.778. The smallest absolute Gasteiger partial charge is 0.213 e. The highest BCUT2D eigenvalue weighted by Crippen LogP contribution is 2.19. The zero-order chi connectivity index (χ0) is 13.5. The Balaban J connectivity index is 2.15. The molecular formula is C16H11N3. The van der Waals surface area contributed by atoms with E-state index >= 15 is 0 Å². The third-order valence-electron chi connectivity index (χ3n) is 2.69. The summed E-state index contributed by atoms with van der Waals surface area (Å²) in [4.78, 5) is 3.93. The zero-order valence-electron chi connectivity index (χ0n) is 10.2. The molecule has 3 heteroatoms. The third kappa shape index (κ3) is 3.28. The fourth-order valence-corrected chi connectivity index (χ4v) is 1.70. The van der Waals surface area contributed by atoms with E-state index in [2.05, 4.69) is 17.1 Å². The summed E-state index contributed by atoms with van der Waals surface area (Å²) < 4.78 is 0. The summed E-state index contributed by atoms with van der Waals surface area (Å²) in [5.74, 6) is 0. The fraction of sp³-hybridized carbons (Fsp3) is 0.0625. The molecule has 0 saturated carbocycles. The van der Waals surface area contributed by atoms with Gasteiger partial charge in [-0.2, -0.15) is 10.5 Å². The summed E-state index contributed by atoms with van der Waals surface area (Å²) in [5, 5.41) is 17.2. The van der Waals surface area contributed by atoms with Crippen molar-refractivity contribution in [2.24, 2.45) is 4.99 Å². The van der Waals surface area contributed by atoms with Crippen molar-refractivity contribution in [3.63, 3.8) is 0 Å². The van der Waals surface area contributed by atoms with Gasteiger partial charge >= 0.3 is 0 Å². The van der Waals surface area contributed by atoms with E-state index in [9.17, 15) is 0 Å². The lowest BCUT2D eigenvalue weighted by atomic mass is 10.0. The summed E-state index contributed by atoms with van der Waals surface area (Å²) >= 11 is 0. The van der Waals surface area contributed by atoms with Crippen LogP contribution in [0.3, 0.4) is 0 Å². The van der Waals surface area contributed by atoms with Gasteiger partial charge in [-0.15, -0.1) is 0 Å². The second-order valence-electron chi connectivity index (χ2n) is 3.95. The van der Waals surface area contributed by atoms with Crippen molar-refractivity contribution in [2.75, 3.05) is 0 Å². The SMILES string of the molecule is N#CC(C#N)=NCc1ccc(-c2ccccc2)cc1. The molecule has 19 heavy (non-hydrogen) atoms. The van der Waals surface area contributed by atoms with Crippen LogP contribution in [0, 0.1) is 22.7 Å². The number of nitrogens with zero attached hydrogens (tertiary/aromatic N) is 3. The highest BCUT2D eigenvalue weighted by atomic mass is 14.7. The maximum atomic E-state index is 8.59. The predicted molar refractivity (Wildman–Crippen MR) is 74.2 cm³/mol. The summed E-state index contributed by atoms with van der Waals surface area (Å²) in [7, 11) is 0. The van der Waals surface area contributed by atoms with Crippen LogP contribution in [-0.4, -0.2) is 5.71 Å². The first-order valence-corrected chi connectivity index (χ1v) is 5.82. The van der Waals surface area contributed by atoms with E-state index < -0.39 is 0 Å². The minimum absolute atomic E-state index is 0.0906. The van der Waals surface area contributed by atoms with Crippen LogP contribution in [0.5, 0.6) is 0 Å². The van der Waals surface area contributed by atoms with Crippen LogP contribution < -0.4 is 0 Å². The van der Waals surface area contributed by atoms with Crippen LogP contribution in [-0.2, 0) is 6.54 Å². The summed E-state index contributed by atoms with van der Waals surface area (Å²) in [6.07, 6.45) is 0. The first-order valence-electron chi connectivity index (χ1n) is 5.82. The van der Waals surface area contributed by atoms with E-state index in [0.717, 1.165) is 16.7 Å². The van der Waals surface area contributed by atoms with Gasteiger partial charge in [-0.05, 0) is 16.7 Å². The molecule has 0 bridgehead atoms. The van der Waals surface area contributed by atoms with Gasteiger partial charge in [0.05, 0.1) is 6.54 Å². The fourth-order valence-electron chi connectivity index (χ4n) is 1.70. The maximum absolute atomic E-state index is 8.59. The number of nitriles is 2. The molecule has 0 heterocycles. The van der Waals surface area contributed by atoms with Crippen LogP contribution in [0.25, 0.3) is 11.1 Å². The van der Waals surface area contributed by atoms with E-state index in [1.807, 2.05) is 42.5 Å². The molecule has 0 radical (unpaired) electrons. The molecule has 3 nitrogen and oxygen atoms in total. The van der Waals surface area contributed by atoms with Gasteiger partial charge in [-0.1, -0.05) is 54.6 Å². The van der Waals surface area contributed by atoms with Gasteiger partial charge in [0.25, 0.3) is 0 Å². The van der Waals surface area contributed by atoms with E-state index in [4.69, 9.17) is 10.5 Å². The van der Waals surface area contributed by atoms with E-state index in [1.54, 1.807) is 12.1 Å². The van der Waals surface area contributed by atoms with E-state index in [0.29, 0.717) is 6.54 Å². The van der Waals surface area contributed by atoms with Crippen molar-refractivity contribution in [2.45, 2.75) is 6.54 Å². The molecule has 2 aromatic rings. The predicted octanol–water partition coefficient (Wildman–Crippen LogP) is 3.34. The van der Waals surface area contributed by atoms with Crippen LogP contribution in [0.1, 0.15) is 5.56 Å². The molecule has 2 rings (SSSR count). The second kappa shape index (κ2) is 6.14. The van der Waals surface area contributed by atoms with Crippen molar-refractivity contribution < 1.29 is 0 Å². The number of benzene rings is 2. The molecule has 2 aromatic carbocycles. The lowest BCUT2D eigenvalue weighted by Gasteiger charge is -2.02.